The molecule has 2 unspecified atom stereocenters. The van der Waals surface area contributed by atoms with Crippen LogP contribution in [0.25, 0.3) is 0 Å². The summed E-state index contributed by atoms with van der Waals surface area (Å²) >= 11 is 5.42. The first kappa shape index (κ1) is 14.1. The third kappa shape index (κ3) is 2.92. The Morgan fingerprint density at radius 1 is 1.32 bits per heavy atom. The van der Waals surface area contributed by atoms with Gasteiger partial charge in [0.05, 0.1) is 6.04 Å². The van der Waals surface area contributed by atoms with Crippen LogP contribution in [0, 0.1) is 5.92 Å². The highest BCUT2D eigenvalue weighted by atomic mass is 79.9. The molecule has 3 rings (SSSR count). The van der Waals surface area contributed by atoms with Crippen LogP contribution in [0.5, 0.6) is 0 Å². The predicted molar refractivity (Wildman–Crippen MR) is 85.5 cm³/mol. The lowest BCUT2D eigenvalue weighted by atomic mass is 9.95. The maximum absolute atomic E-state index is 6.10. The molecule has 0 radical (unpaired) electrons. The molecular weight excluding hydrogens is 320 g/mol. The van der Waals surface area contributed by atoms with Gasteiger partial charge < -0.3 is 5.73 Å². The van der Waals surface area contributed by atoms with E-state index in [1.165, 1.54) is 54.4 Å². The first-order valence-electron chi connectivity index (χ1n) is 7.49. The molecule has 2 nitrogen and oxygen atoms in total. The molecule has 0 aromatic carbocycles. The zero-order chi connectivity index (χ0) is 13.2. The van der Waals surface area contributed by atoms with Gasteiger partial charge in [0.1, 0.15) is 0 Å². The second-order valence-corrected chi connectivity index (χ2v) is 7.77. The van der Waals surface area contributed by atoms with Crippen LogP contribution in [0.2, 0.25) is 0 Å². The number of halogens is 1. The Hall–Kier alpha value is 0.1000. The average molecular weight is 343 g/mol. The van der Waals surface area contributed by atoms with E-state index in [0.29, 0.717) is 6.04 Å². The second-order valence-electron chi connectivity index (χ2n) is 5.91. The molecule has 2 fully saturated rings. The van der Waals surface area contributed by atoms with Crippen molar-refractivity contribution in [1.29, 1.82) is 0 Å². The number of thiophene rings is 1. The molecule has 19 heavy (non-hydrogen) atoms. The molecule has 0 amide bonds. The summed E-state index contributed by atoms with van der Waals surface area (Å²) in [6.07, 6.45) is 8.48. The molecule has 1 aromatic heterocycles. The lowest BCUT2D eigenvalue weighted by molar-refractivity contribution is 0.140. The number of hydrogen-bond acceptors (Lipinski definition) is 3. The van der Waals surface area contributed by atoms with Gasteiger partial charge in [-0.05, 0) is 60.1 Å². The summed E-state index contributed by atoms with van der Waals surface area (Å²) in [7, 11) is 0. The smallest absolute Gasteiger partial charge is 0.0567 e. The highest BCUT2D eigenvalue weighted by Crippen LogP contribution is 2.40. The third-order valence-electron chi connectivity index (χ3n) is 4.83. The molecule has 2 N–H and O–H groups in total. The van der Waals surface area contributed by atoms with Gasteiger partial charge in [0.2, 0.25) is 0 Å². The van der Waals surface area contributed by atoms with Gasteiger partial charge in [0.15, 0.2) is 0 Å². The normalized spacial score (nSPS) is 27.2. The van der Waals surface area contributed by atoms with Crippen molar-refractivity contribution in [2.45, 2.75) is 50.6 Å². The van der Waals surface area contributed by atoms with Gasteiger partial charge in [0.25, 0.3) is 0 Å². The number of likely N-dealkylation sites (tertiary alicyclic amines) is 1. The summed E-state index contributed by atoms with van der Waals surface area (Å²) in [6, 6.07) is 3.48. The van der Waals surface area contributed by atoms with Crippen molar-refractivity contribution in [2.75, 3.05) is 13.1 Å². The van der Waals surface area contributed by atoms with Crippen LogP contribution in [0.3, 0.4) is 0 Å². The van der Waals surface area contributed by atoms with Crippen molar-refractivity contribution in [1.82, 2.24) is 4.90 Å². The van der Waals surface area contributed by atoms with Crippen LogP contribution in [-0.4, -0.2) is 24.0 Å². The molecule has 2 aliphatic rings. The van der Waals surface area contributed by atoms with Crippen molar-refractivity contribution in [3.8, 4) is 0 Å². The van der Waals surface area contributed by atoms with Crippen LogP contribution in [0.15, 0.2) is 15.9 Å². The van der Waals surface area contributed by atoms with E-state index in [1.54, 1.807) is 0 Å². The molecule has 0 spiro atoms. The fourth-order valence-electron chi connectivity index (χ4n) is 3.97. The Balaban J connectivity index is 1.77. The quantitative estimate of drug-likeness (QED) is 0.889. The summed E-state index contributed by atoms with van der Waals surface area (Å²) in [4.78, 5) is 4.15. The lowest BCUT2D eigenvalue weighted by Gasteiger charge is -2.35. The van der Waals surface area contributed by atoms with Gasteiger partial charge in [-0.25, -0.2) is 0 Å². The van der Waals surface area contributed by atoms with Crippen LogP contribution < -0.4 is 5.73 Å². The second kappa shape index (κ2) is 6.25. The zero-order valence-electron chi connectivity index (χ0n) is 11.4. The van der Waals surface area contributed by atoms with Crippen molar-refractivity contribution in [2.24, 2.45) is 11.7 Å². The molecule has 2 heterocycles. The van der Waals surface area contributed by atoms with Crippen molar-refractivity contribution < 1.29 is 0 Å². The molecule has 4 heteroatoms. The van der Waals surface area contributed by atoms with Crippen LogP contribution in [0.1, 0.15) is 49.4 Å². The highest BCUT2D eigenvalue weighted by molar-refractivity contribution is 9.10. The molecule has 106 valence electrons. The minimum atomic E-state index is 0.435. The molecule has 2 atom stereocenters. The number of nitrogens with zero attached hydrogens (tertiary/aromatic N) is 1. The van der Waals surface area contributed by atoms with Gasteiger partial charge in [0, 0.05) is 27.3 Å². The van der Waals surface area contributed by atoms with E-state index in [0.717, 1.165) is 18.5 Å². The number of rotatable bonds is 4. The first-order valence-corrected chi connectivity index (χ1v) is 9.16. The molecule has 1 saturated carbocycles. The Kier molecular flexibility index (Phi) is 4.62. The fourth-order valence-corrected chi connectivity index (χ4v) is 5.55. The molecule has 0 bridgehead atoms. The molecule has 1 aromatic rings. The highest BCUT2D eigenvalue weighted by Gasteiger charge is 2.37. The Labute approximate surface area is 128 Å². The Morgan fingerprint density at radius 2 is 2.11 bits per heavy atom. The van der Waals surface area contributed by atoms with Gasteiger partial charge >= 0.3 is 0 Å². The summed E-state index contributed by atoms with van der Waals surface area (Å²) < 4.78 is 1.20. The molecular formula is C15H23BrN2S. The van der Waals surface area contributed by atoms with Gasteiger partial charge in [-0.1, -0.05) is 12.8 Å². The standard InChI is InChI=1S/C15H23BrN2S/c16-12-8-15(19-10-12)14(9-17)18-7-3-6-13(18)11-4-1-2-5-11/h8,10-11,13-14H,1-7,9,17H2. The molecule has 1 saturated heterocycles. The maximum atomic E-state index is 6.10. The Morgan fingerprint density at radius 3 is 2.74 bits per heavy atom. The van der Waals surface area contributed by atoms with E-state index >= 15 is 0 Å². The van der Waals surface area contributed by atoms with E-state index in [-0.39, 0.29) is 0 Å². The first-order chi connectivity index (χ1) is 9.29. The Bertz CT molecular complexity index is 414. The van der Waals surface area contributed by atoms with Crippen LogP contribution in [0.4, 0.5) is 0 Å². The van der Waals surface area contributed by atoms with Crippen LogP contribution >= 0.6 is 27.3 Å². The topological polar surface area (TPSA) is 29.3 Å². The third-order valence-corrected chi connectivity index (χ3v) is 6.62. The van der Waals surface area contributed by atoms with Crippen molar-refractivity contribution in [3.05, 3.63) is 20.8 Å². The van der Waals surface area contributed by atoms with Crippen molar-refractivity contribution in [3.63, 3.8) is 0 Å². The van der Waals surface area contributed by atoms with E-state index in [2.05, 4.69) is 32.3 Å². The fraction of sp³-hybridized carbons (Fsp3) is 0.733. The van der Waals surface area contributed by atoms with E-state index in [4.69, 9.17) is 5.73 Å². The SMILES string of the molecule is NCC(c1cc(Br)cs1)N1CCCC1C1CCCC1. The monoisotopic (exact) mass is 342 g/mol. The van der Waals surface area contributed by atoms with Crippen LogP contribution in [-0.2, 0) is 0 Å². The minimum absolute atomic E-state index is 0.435. The van der Waals surface area contributed by atoms with E-state index in [9.17, 15) is 0 Å². The summed E-state index contributed by atoms with van der Waals surface area (Å²) in [6.45, 7) is 1.98. The molecule has 1 aliphatic carbocycles. The van der Waals surface area contributed by atoms with Gasteiger partial charge in [-0.3, -0.25) is 4.90 Å². The number of hydrogen-bond donors (Lipinski definition) is 1. The van der Waals surface area contributed by atoms with E-state index in [1.807, 2.05) is 11.3 Å². The molecule has 1 aliphatic heterocycles. The van der Waals surface area contributed by atoms with Gasteiger partial charge in [-0.15, -0.1) is 11.3 Å². The number of nitrogens with two attached hydrogens (primary N) is 1. The summed E-state index contributed by atoms with van der Waals surface area (Å²) in [5, 5.41) is 2.18. The summed E-state index contributed by atoms with van der Waals surface area (Å²) in [5.74, 6) is 0.931. The maximum Gasteiger partial charge on any atom is 0.0567 e. The zero-order valence-corrected chi connectivity index (χ0v) is 13.8. The predicted octanol–water partition coefficient (Wildman–Crippen LogP) is 4.17. The van der Waals surface area contributed by atoms with E-state index < -0.39 is 0 Å². The lowest BCUT2D eigenvalue weighted by Crippen LogP contribution is -2.40. The van der Waals surface area contributed by atoms with Gasteiger partial charge in [-0.2, -0.15) is 0 Å². The average Bonchev–Trinajstić information content (AvgIpc) is 3.10. The van der Waals surface area contributed by atoms with Crippen molar-refractivity contribution >= 4 is 27.3 Å². The minimum Gasteiger partial charge on any atom is -0.329 e. The summed E-state index contributed by atoms with van der Waals surface area (Å²) in [5.41, 5.74) is 6.10. The largest absolute Gasteiger partial charge is 0.329 e.